The van der Waals surface area contributed by atoms with E-state index < -0.39 is 0 Å². The Morgan fingerprint density at radius 2 is 0.911 bits per heavy atom. The number of terminal acetylenes is 1. The molecular formula is C42H45BrO2. The Bertz CT molecular complexity index is 1480. The van der Waals surface area contributed by atoms with Crippen molar-refractivity contribution in [3.63, 3.8) is 0 Å². The molecule has 0 N–H and O–H groups in total. The minimum atomic E-state index is 0.679. The predicted molar refractivity (Wildman–Crippen MR) is 194 cm³/mol. The molecule has 0 bridgehead atoms. The summed E-state index contributed by atoms with van der Waals surface area (Å²) < 4.78 is 0.994. The van der Waals surface area contributed by atoms with Crippen LogP contribution in [-0.2, 0) is 12.8 Å². The van der Waals surface area contributed by atoms with Crippen molar-refractivity contribution in [2.45, 2.75) is 78.1 Å². The molecule has 0 aromatic heterocycles. The van der Waals surface area contributed by atoms with E-state index in [9.17, 15) is 9.59 Å². The number of aldehydes is 2. The first-order valence-electron chi connectivity index (χ1n) is 15.9. The van der Waals surface area contributed by atoms with E-state index in [2.05, 4.69) is 83.9 Å². The fraction of sp³-hybridized carbons (Fsp3) is 0.286. The van der Waals surface area contributed by atoms with Crippen molar-refractivity contribution in [2.24, 2.45) is 0 Å². The van der Waals surface area contributed by atoms with Crippen LogP contribution in [0.25, 0.3) is 0 Å². The van der Waals surface area contributed by atoms with Crippen molar-refractivity contribution >= 4 is 28.5 Å². The van der Waals surface area contributed by atoms with Crippen LogP contribution in [0.5, 0.6) is 0 Å². The summed E-state index contributed by atoms with van der Waals surface area (Å²) >= 11 is 3.26. The van der Waals surface area contributed by atoms with Crippen molar-refractivity contribution in [3.05, 3.63) is 140 Å². The van der Waals surface area contributed by atoms with Crippen LogP contribution in [0, 0.1) is 24.2 Å². The molecule has 0 amide bonds. The first-order chi connectivity index (χ1) is 22.0. The van der Waals surface area contributed by atoms with E-state index in [1.165, 1.54) is 68.9 Å². The van der Waals surface area contributed by atoms with Gasteiger partial charge in [-0.15, -0.1) is 6.42 Å². The van der Waals surface area contributed by atoms with E-state index >= 15 is 0 Å². The predicted octanol–water partition coefficient (Wildman–Crippen LogP) is 11.1. The standard InChI is InChI=1S/C21H22O.C14H18.C7H5BrO/c1-2-3-4-5-6-18-7-9-19(10-8-18)11-12-20-13-15-21(17-22)16-14-20;1-3-5-6-7-8-14-11-9-13(4-2)10-12-14;8-7-3-1-6(5-9)2-4-7/h7-10,13-17H,2-6H2,1H3;2,9-12H,3,5-8H2,1H3;1-5H. The molecule has 0 spiro atoms. The van der Waals surface area contributed by atoms with Gasteiger partial charge in [-0.05, 0) is 85.3 Å². The molecule has 0 radical (unpaired) electrons. The molecule has 0 saturated carbocycles. The number of hydrogen-bond acceptors (Lipinski definition) is 2. The SMILES string of the molecule is C#Cc1ccc(CCCCCC)cc1.CCCCCCc1ccc(C#Cc2ccc(C=O)cc2)cc1.O=Cc1ccc(Br)cc1. The largest absolute Gasteiger partial charge is 0.298 e. The summed E-state index contributed by atoms with van der Waals surface area (Å²) in [4.78, 5) is 20.7. The summed E-state index contributed by atoms with van der Waals surface area (Å²) in [5.74, 6) is 8.92. The Hall–Kier alpha value is -4.18. The second-order valence-electron chi connectivity index (χ2n) is 10.8. The number of aryl methyl sites for hydroxylation is 2. The lowest BCUT2D eigenvalue weighted by atomic mass is 10.0. The third-order valence-electron chi connectivity index (χ3n) is 7.12. The van der Waals surface area contributed by atoms with Gasteiger partial charge >= 0.3 is 0 Å². The number of unbranched alkanes of at least 4 members (excludes halogenated alkanes) is 6. The van der Waals surface area contributed by atoms with Gasteiger partial charge < -0.3 is 0 Å². The Morgan fingerprint density at radius 1 is 0.533 bits per heavy atom. The maximum absolute atomic E-state index is 10.6. The summed E-state index contributed by atoms with van der Waals surface area (Å²) in [5, 5.41) is 0. The van der Waals surface area contributed by atoms with E-state index in [4.69, 9.17) is 6.42 Å². The van der Waals surface area contributed by atoms with Gasteiger partial charge in [0.1, 0.15) is 12.6 Å². The molecule has 4 aromatic carbocycles. The number of rotatable bonds is 12. The van der Waals surface area contributed by atoms with E-state index in [0.717, 1.165) is 40.2 Å². The number of hydrogen-bond donors (Lipinski definition) is 0. The average molecular weight is 662 g/mol. The van der Waals surface area contributed by atoms with Crippen LogP contribution >= 0.6 is 15.9 Å². The van der Waals surface area contributed by atoms with Crippen LogP contribution in [0.1, 0.15) is 114 Å². The van der Waals surface area contributed by atoms with Crippen LogP contribution in [-0.4, -0.2) is 12.6 Å². The molecule has 0 fully saturated rings. The van der Waals surface area contributed by atoms with Gasteiger partial charge in [-0.2, -0.15) is 0 Å². The molecule has 3 heteroatoms. The Balaban J connectivity index is 0.000000261. The van der Waals surface area contributed by atoms with Gasteiger partial charge in [0.15, 0.2) is 0 Å². The van der Waals surface area contributed by atoms with Crippen molar-refractivity contribution in [2.75, 3.05) is 0 Å². The number of benzene rings is 4. The first kappa shape index (κ1) is 37.0. The Kier molecular flexibility index (Phi) is 19.1. The smallest absolute Gasteiger partial charge is 0.150 e. The minimum absolute atomic E-state index is 0.679. The van der Waals surface area contributed by atoms with E-state index in [1.807, 2.05) is 36.4 Å². The summed E-state index contributed by atoms with van der Waals surface area (Å²) in [6.07, 6.45) is 19.8. The molecule has 0 aliphatic rings. The van der Waals surface area contributed by atoms with Gasteiger partial charge in [-0.25, -0.2) is 0 Å². The molecule has 0 saturated heterocycles. The molecule has 0 aliphatic heterocycles. The fourth-order valence-electron chi connectivity index (χ4n) is 4.36. The highest BCUT2D eigenvalue weighted by atomic mass is 79.9. The van der Waals surface area contributed by atoms with E-state index in [-0.39, 0.29) is 0 Å². The minimum Gasteiger partial charge on any atom is -0.298 e. The third-order valence-corrected chi connectivity index (χ3v) is 7.65. The molecule has 4 aromatic rings. The Labute approximate surface area is 279 Å². The fourth-order valence-corrected chi connectivity index (χ4v) is 4.63. The van der Waals surface area contributed by atoms with Crippen molar-refractivity contribution in [3.8, 4) is 24.2 Å². The topological polar surface area (TPSA) is 34.1 Å². The highest BCUT2D eigenvalue weighted by Crippen LogP contribution is 2.11. The van der Waals surface area contributed by atoms with Gasteiger partial charge in [0.05, 0.1) is 0 Å². The van der Waals surface area contributed by atoms with Crippen molar-refractivity contribution < 1.29 is 9.59 Å². The summed E-state index contributed by atoms with van der Waals surface area (Å²) in [6.45, 7) is 4.47. The second-order valence-corrected chi connectivity index (χ2v) is 11.7. The summed E-state index contributed by atoms with van der Waals surface area (Å²) in [7, 11) is 0. The monoisotopic (exact) mass is 660 g/mol. The molecular weight excluding hydrogens is 616 g/mol. The van der Waals surface area contributed by atoms with Crippen molar-refractivity contribution in [1.29, 1.82) is 0 Å². The molecule has 0 atom stereocenters. The number of halogens is 1. The maximum Gasteiger partial charge on any atom is 0.150 e. The van der Waals surface area contributed by atoms with Crippen molar-refractivity contribution in [1.82, 2.24) is 0 Å². The molecule has 0 unspecified atom stereocenters. The lowest BCUT2D eigenvalue weighted by Crippen LogP contribution is -1.86. The summed E-state index contributed by atoms with van der Waals surface area (Å²) in [6, 6.07) is 31.4. The molecule has 0 aliphatic carbocycles. The van der Waals surface area contributed by atoms with Crippen LogP contribution < -0.4 is 0 Å². The lowest BCUT2D eigenvalue weighted by Gasteiger charge is -2.01. The van der Waals surface area contributed by atoms with Gasteiger partial charge in [0, 0.05) is 32.3 Å². The normalized spacial score (nSPS) is 9.64. The Morgan fingerprint density at radius 3 is 1.29 bits per heavy atom. The van der Waals surface area contributed by atoms with Gasteiger partial charge in [-0.3, -0.25) is 9.59 Å². The van der Waals surface area contributed by atoms with Gasteiger partial charge in [0.2, 0.25) is 0 Å². The van der Waals surface area contributed by atoms with Gasteiger partial charge in [-0.1, -0.05) is 135 Å². The molecule has 0 heterocycles. The first-order valence-corrected chi connectivity index (χ1v) is 16.7. The highest BCUT2D eigenvalue weighted by molar-refractivity contribution is 9.10. The maximum atomic E-state index is 10.6. The third kappa shape index (κ3) is 16.5. The average Bonchev–Trinajstić information content (AvgIpc) is 3.09. The molecule has 45 heavy (non-hydrogen) atoms. The van der Waals surface area contributed by atoms with Crippen LogP contribution in [0.3, 0.4) is 0 Å². The zero-order valence-electron chi connectivity index (χ0n) is 26.7. The molecule has 4 rings (SSSR count). The quantitative estimate of drug-likeness (QED) is 0.0860. The van der Waals surface area contributed by atoms with E-state index in [0.29, 0.717) is 11.1 Å². The number of carbonyl (C=O) groups is 2. The molecule has 232 valence electrons. The zero-order chi connectivity index (χ0) is 32.5. The number of carbonyl (C=O) groups excluding carboxylic acids is 2. The van der Waals surface area contributed by atoms with Crippen LogP contribution in [0.15, 0.2) is 102 Å². The lowest BCUT2D eigenvalue weighted by molar-refractivity contribution is 0.111. The second kappa shape index (κ2) is 23.2. The van der Waals surface area contributed by atoms with Crippen LogP contribution in [0.4, 0.5) is 0 Å². The molecule has 2 nitrogen and oxygen atoms in total. The van der Waals surface area contributed by atoms with Crippen LogP contribution in [0.2, 0.25) is 0 Å². The zero-order valence-corrected chi connectivity index (χ0v) is 28.3. The highest BCUT2D eigenvalue weighted by Gasteiger charge is 1.95. The summed E-state index contributed by atoms with van der Waals surface area (Å²) in [5.41, 5.74) is 7.10. The van der Waals surface area contributed by atoms with Gasteiger partial charge in [0.25, 0.3) is 0 Å². The van der Waals surface area contributed by atoms with E-state index in [1.54, 1.807) is 24.3 Å².